The van der Waals surface area contributed by atoms with Crippen LogP contribution in [0, 0.1) is 10.1 Å². The van der Waals surface area contributed by atoms with E-state index < -0.39 is 4.92 Å². The second-order valence-electron chi connectivity index (χ2n) is 3.69. The molecule has 0 aliphatic heterocycles. The third-order valence-corrected chi connectivity index (χ3v) is 2.27. The molecular formula is C11H15N3O4. The number of primary amides is 1. The van der Waals surface area contributed by atoms with Gasteiger partial charge in [0.05, 0.1) is 18.1 Å². The highest BCUT2D eigenvalue weighted by atomic mass is 16.6. The zero-order chi connectivity index (χ0) is 13.5. The van der Waals surface area contributed by atoms with E-state index in [1.165, 1.54) is 19.2 Å². The van der Waals surface area contributed by atoms with E-state index in [-0.39, 0.29) is 18.0 Å². The minimum Gasteiger partial charge on any atom is -0.496 e. The molecule has 0 aliphatic carbocycles. The van der Waals surface area contributed by atoms with Gasteiger partial charge in [-0.15, -0.1) is 0 Å². The van der Waals surface area contributed by atoms with Gasteiger partial charge in [-0.25, -0.2) is 0 Å². The molecule has 3 N–H and O–H groups in total. The first-order valence-corrected chi connectivity index (χ1v) is 5.34. The van der Waals surface area contributed by atoms with E-state index in [2.05, 4.69) is 5.32 Å². The number of nitrogens with zero attached hydrogens (tertiary/aromatic N) is 1. The van der Waals surface area contributed by atoms with Gasteiger partial charge in [-0.05, 0) is 11.6 Å². The Labute approximate surface area is 104 Å². The van der Waals surface area contributed by atoms with Gasteiger partial charge in [0.25, 0.3) is 5.69 Å². The first-order valence-electron chi connectivity index (χ1n) is 5.34. The molecule has 0 fully saturated rings. The van der Waals surface area contributed by atoms with E-state index in [9.17, 15) is 14.9 Å². The number of methoxy groups -OCH3 is 1. The maximum atomic E-state index is 10.7. The fourth-order valence-electron chi connectivity index (χ4n) is 1.41. The van der Waals surface area contributed by atoms with Gasteiger partial charge < -0.3 is 15.8 Å². The van der Waals surface area contributed by atoms with E-state index in [0.29, 0.717) is 24.4 Å². The lowest BCUT2D eigenvalue weighted by Crippen LogP contribution is -2.21. The Balaban J connectivity index is 2.66. The molecule has 18 heavy (non-hydrogen) atoms. The van der Waals surface area contributed by atoms with E-state index in [0.717, 1.165) is 0 Å². The zero-order valence-corrected chi connectivity index (χ0v) is 10.0. The van der Waals surface area contributed by atoms with Crippen LogP contribution >= 0.6 is 0 Å². The largest absolute Gasteiger partial charge is 0.496 e. The van der Waals surface area contributed by atoms with Gasteiger partial charge in [-0.3, -0.25) is 14.9 Å². The average Bonchev–Trinajstić information content (AvgIpc) is 2.34. The van der Waals surface area contributed by atoms with Crippen molar-refractivity contribution < 1.29 is 14.5 Å². The smallest absolute Gasteiger partial charge is 0.273 e. The fourth-order valence-corrected chi connectivity index (χ4v) is 1.41. The lowest BCUT2D eigenvalue weighted by atomic mass is 10.2. The minimum absolute atomic E-state index is 0.0268. The lowest BCUT2D eigenvalue weighted by molar-refractivity contribution is -0.385. The van der Waals surface area contributed by atoms with Crippen LogP contribution in [0.5, 0.6) is 5.75 Å². The Morgan fingerprint density at radius 3 is 2.78 bits per heavy atom. The number of nitro groups is 1. The summed E-state index contributed by atoms with van der Waals surface area (Å²) in [6, 6.07) is 4.51. The van der Waals surface area contributed by atoms with E-state index in [1.807, 2.05) is 0 Å². The van der Waals surface area contributed by atoms with Gasteiger partial charge in [0.15, 0.2) is 0 Å². The summed E-state index contributed by atoms with van der Waals surface area (Å²) >= 11 is 0. The molecule has 0 aromatic heterocycles. The summed E-state index contributed by atoms with van der Waals surface area (Å²) in [5, 5.41) is 13.7. The summed E-state index contributed by atoms with van der Waals surface area (Å²) in [5.41, 5.74) is 5.68. The first-order chi connectivity index (χ1) is 8.52. The van der Waals surface area contributed by atoms with Crippen LogP contribution in [0.2, 0.25) is 0 Å². The van der Waals surface area contributed by atoms with Crippen LogP contribution in [0.1, 0.15) is 12.0 Å². The summed E-state index contributed by atoms with van der Waals surface area (Å²) < 4.78 is 4.98. The minimum atomic E-state index is -0.477. The summed E-state index contributed by atoms with van der Waals surface area (Å²) in [7, 11) is 1.45. The molecule has 0 bridgehead atoms. The van der Waals surface area contributed by atoms with Gasteiger partial charge in [0.1, 0.15) is 5.75 Å². The molecule has 7 heteroatoms. The van der Waals surface area contributed by atoms with Crippen LogP contribution in [0.3, 0.4) is 0 Å². The molecule has 1 aromatic rings. The molecule has 0 aliphatic rings. The number of nitrogens with one attached hydrogen (secondary N) is 1. The lowest BCUT2D eigenvalue weighted by Gasteiger charge is -2.06. The van der Waals surface area contributed by atoms with Crippen molar-refractivity contribution in [2.24, 2.45) is 5.73 Å². The van der Waals surface area contributed by atoms with E-state index >= 15 is 0 Å². The molecule has 7 nitrogen and oxygen atoms in total. The summed E-state index contributed by atoms with van der Waals surface area (Å²) in [6.45, 7) is 0.839. The molecule has 0 unspecified atom stereocenters. The van der Waals surface area contributed by atoms with Gasteiger partial charge >= 0.3 is 0 Å². The number of hydrogen-bond acceptors (Lipinski definition) is 5. The highest BCUT2D eigenvalue weighted by Gasteiger charge is 2.09. The Hall–Kier alpha value is -2.15. The number of amides is 1. The molecular weight excluding hydrogens is 238 g/mol. The van der Waals surface area contributed by atoms with Crippen molar-refractivity contribution in [3.05, 3.63) is 33.9 Å². The molecule has 1 rings (SSSR count). The molecule has 98 valence electrons. The number of nitro benzene ring substituents is 1. The summed E-state index contributed by atoms with van der Waals surface area (Å²) in [6.07, 6.45) is 0.228. The zero-order valence-electron chi connectivity index (χ0n) is 10.0. The Morgan fingerprint density at radius 2 is 2.22 bits per heavy atom. The maximum Gasteiger partial charge on any atom is 0.273 e. The maximum absolute atomic E-state index is 10.7. The van der Waals surface area contributed by atoms with Crippen LogP contribution in [-0.4, -0.2) is 24.5 Å². The molecule has 0 saturated heterocycles. The van der Waals surface area contributed by atoms with Gasteiger partial charge in [-0.2, -0.15) is 0 Å². The van der Waals surface area contributed by atoms with E-state index in [1.54, 1.807) is 6.07 Å². The van der Waals surface area contributed by atoms with Gasteiger partial charge in [0.2, 0.25) is 5.91 Å². The predicted octanol–water partition coefficient (Wildman–Crippen LogP) is 0.568. The second kappa shape index (κ2) is 6.55. The topological polar surface area (TPSA) is 107 Å². The number of ether oxygens (including phenoxy) is 1. The Morgan fingerprint density at radius 1 is 1.50 bits per heavy atom. The normalized spacial score (nSPS) is 10.1. The predicted molar refractivity (Wildman–Crippen MR) is 65.2 cm³/mol. The number of nitrogens with two attached hydrogens (primary N) is 1. The SMILES string of the molecule is COc1cc(CNCCC(N)=O)cc([N+](=O)[O-])c1. The number of rotatable bonds is 7. The molecule has 1 aromatic carbocycles. The standard InChI is InChI=1S/C11H15N3O4/c1-18-10-5-8(4-9(6-10)14(16)17)7-13-3-2-11(12)15/h4-6,13H,2-3,7H2,1H3,(H2,12,15). The van der Waals surface area contributed by atoms with Crippen molar-refractivity contribution in [2.75, 3.05) is 13.7 Å². The van der Waals surface area contributed by atoms with Crippen molar-refractivity contribution >= 4 is 11.6 Å². The number of carbonyl (C=O) groups is 1. The highest BCUT2D eigenvalue weighted by molar-refractivity contribution is 5.73. The molecule has 0 radical (unpaired) electrons. The number of carbonyl (C=O) groups excluding carboxylic acids is 1. The first kappa shape index (κ1) is 13.9. The third kappa shape index (κ3) is 4.38. The summed E-state index contributed by atoms with van der Waals surface area (Å²) in [5.74, 6) is 0.0371. The number of non-ortho nitro benzene ring substituents is 1. The van der Waals surface area contributed by atoms with Crippen molar-refractivity contribution in [2.45, 2.75) is 13.0 Å². The molecule has 0 heterocycles. The molecule has 0 atom stereocenters. The molecule has 1 amide bonds. The van der Waals surface area contributed by atoms with Gasteiger partial charge in [0, 0.05) is 25.6 Å². The van der Waals surface area contributed by atoms with Crippen molar-refractivity contribution in [3.8, 4) is 5.75 Å². The third-order valence-electron chi connectivity index (χ3n) is 2.27. The Bertz CT molecular complexity index is 448. The highest BCUT2D eigenvalue weighted by Crippen LogP contribution is 2.22. The van der Waals surface area contributed by atoms with Crippen LogP contribution in [0.25, 0.3) is 0 Å². The quantitative estimate of drug-likeness (QED) is 0.419. The number of hydrogen-bond donors (Lipinski definition) is 2. The number of benzene rings is 1. The van der Waals surface area contributed by atoms with Crippen molar-refractivity contribution in [1.29, 1.82) is 0 Å². The fraction of sp³-hybridized carbons (Fsp3) is 0.364. The van der Waals surface area contributed by atoms with E-state index in [4.69, 9.17) is 10.5 Å². The van der Waals surface area contributed by atoms with Crippen LogP contribution in [-0.2, 0) is 11.3 Å². The molecule has 0 saturated carbocycles. The summed E-state index contributed by atoms with van der Waals surface area (Å²) in [4.78, 5) is 20.8. The van der Waals surface area contributed by atoms with Crippen LogP contribution in [0.15, 0.2) is 18.2 Å². The average molecular weight is 253 g/mol. The second-order valence-corrected chi connectivity index (χ2v) is 3.69. The Kier molecular flexibility index (Phi) is 5.06. The molecule has 0 spiro atoms. The monoisotopic (exact) mass is 253 g/mol. The van der Waals surface area contributed by atoms with Gasteiger partial charge in [-0.1, -0.05) is 0 Å². The van der Waals surface area contributed by atoms with Crippen LogP contribution < -0.4 is 15.8 Å². The van der Waals surface area contributed by atoms with Crippen molar-refractivity contribution in [1.82, 2.24) is 5.32 Å². The van der Waals surface area contributed by atoms with Crippen molar-refractivity contribution in [3.63, 3.8) is 0 Å². The van der Waals surface area contributed by atoms with Crippen LogP contribution in [0.4, 0.5) is 5.69 Å².